The summed E-state index contributed by atoms with van der Waals surface area (Å²) in [6, 6.07) is 1.97. The number of ether oxygens (including phenoxy) is 2. The maximum atomic E-state index is 13.0. The SMILES string of the molecule is CC(=O)OC1c2c(C)c(C)cc3c2C2(CC(C)(C)CC1(C)C2)C(=O)O3. The van der Waals surface area contributed by atoms with E-state index in [-0.39, 0.29) is 28.9 Å². The Hall–Kier alpha value is -1.84. The summed E-state index contributed by atoms with van der Waals surface area (Å²) in [5.74, 6) is 0.260. The first kappa shape index (κ1) is 16.6. The quantitative estimate of drug-likeness (QED) is 0.564. The number of hydrogen-bond acceptors (Lipinski definition) is 4. The summed E-state index contributed by atoms with van der Waals surface area (Å²) in [5.41, 5.74) is 3.27. The van der Waals surface area contributed by atoms with E-state index in [4.69, 9.17) is 9.47 Å². The minimum Gasteiger partial charge on any atom is -0.457 e. The molecule has 4 rings (SSSR count). The lowest BCUT2D eigenvalue weighted by Crippen LogP contribution is -2.54. The molecule has 0 amide bonds. The molecule has 1 aliphatic heterocycles. The van der Waals surface area contributed by atoms with Crippen LogP contribution in [0.4, 0.5) is 0 Å². The summed E-state index contributed by atoms with van der Waals surface area (Å²) in [6.45, 7) is 12.1. The monoisotopic (exact) mass is 342 g/mol. The van der Waals surface area contributed by atoms with Crippen molar-refractivity contribution in [1.29, 1.82) is 0 Å². The largest absolute Gasteiger partial charge is 0.457 e. The fourth-order valence-electron chi connectivity index (χ4n) is 6.12. The molecule has 1 saturated carbocycles. The van der Waals surface area contributed by atoms with Crippen molar-refractivity contribution in [1.82, 2.24) is 0 Å². The molecule has 3 unspecified atom stereocenters. The molecule has 0 saturated heterocycles. The summed E-state index contributed by atoms with van der Waals surface area (Å²) in [5, 5.41) is 0. The average Bonchev–Trinajstić information content (AvgIpc) is 2.67. The highest BCUT2D eigenvalue weighted by Crippen LogP contribution is 2.68. The van der Waals surface area contributed by atoms with Gasteiger partial charge in [0.2, 0.25) is 0 Å². The van der Waals surface area contributed by atoms with Gasteiger partial charge in [-0.1, -0.05) is 20.8 Å². The maximum Gasteiger partial charge on any atom is 0.322 e. The Morgan fingerprint density at radius 2 is 1.88 bits per heavy atom. The standard InChI is InChI=1S/C21H26O4/c1-11-7-14-16-15(12(11)2)17(24-13(3)22)20(6)8-19(4,5)9-21(16,10-20)18(23)25-14/h7,17H,8-10H2,1-6H3. The third-order valence-electron chi connectivity index (χ3n) is 6.48. The fraction of sp³-hybridized carbons (Fsp3) is 0.619. The van der Waals surface area contributed by atoms with Gasteiger partial charge in [-0.2, -0.15) is 0 Å². The van der Waals surface area contributed by atoms with Gasteiger partial charge in [0.25, 0.3) is 0 Å². The van der Waals surface area contributed by atoms with Crippen LogP contribution >= 0.6 is 0 Å². The lowest BCUT2D eigenvalue weighted by atomic mass is 9.47. The Bertz CT molecular complexity index is 822. The first-order valence-corrected chi connectivity index (χ1v) is 9.03. The summed E-state index contributed by atoms with van der Waals surface area (Å²) in [7, 11) is 0. The van der Waals surface area contributed by atoms with Crippen molar-refractivity contribution in [2.24, 2.45) is 10.8 Å². The summed E-state index contributed by atoms with van der Waals surface area (Å²) >= 11 is 0. The van der Waals surface area contributed by atoms with Gasteiger partial charge in [-0.05, 0) is 55.7 Å². The van der Waals surface area contributed by atoms with Crippen LogP contribution in [0.15, 0.2) is 6.07 Å². The second kappa shape index (κ2) is 4.66. The van der Waals surface area contributed by atoms with Gasteiger partial charge in [0, 0.05) is 23.5 Å². The van der Waals surface area contributed by atoms with Crippen molar-refractivity contribution >= 4 is 11.9 Å². The molecule has 0 N–H and O–H groups in total. The second-order valence-corrected chi connectivity index (χ2v) is 9.41. The summed E-state index contributed by atoms with van der Waals surface area (Å²) in [6.07, 6.45) is 2.04. The van der Waals surface area contributed by atoms with Crippen molar-refractivity contribution in [3.8, 4) is 5.75 Å². The van der Waals surface area contributed by atoms with Crippen molar-refractivity contribution in [2.45, 2.75) is 72.3 Å². The minimum absolute atomic E-state index is 0.0253. The third-order valence-corrected chi connectivity index (χ3v) is 6.48. The van der Waals surface area contributed by atoms with Crippen LogP contribution in [0.5, 0.6) is 5.75 Å². The third kappa shape index (κ3) is 2.06. The Kier molecular flexibility index (Phi) is 3.10. The van der Waals surface area contributed by atoms with Gasteiger partial charge in [-0.25, -0.2) is 0 Å². The van der Waals surface area contributed by atoms with E-state index in [0.717, 1.165) is 35.1 Å². The topological polar surface area (TPSA) is 52.6 Å². The molecule has 2 aliphatic carbocycles. The number of carbonyl (C=O) groups is 2. The zero-order chi connectivity index (χ0) is 18.4. The highest BCUT2D eigenvalue weighted by molar-refractivity contribution is 5.93. The first-order valence-electron chi connectivity index (χ1n) is 9.03. The molecule has 134 valence electrons. The van der Waals surface area contributed by atoms with Gasteiger partial charge in [-0.15, -0.1) is 0 Å². The molecule has 2 bridgehead atoms. The fourth-order valence-corrected chi connectivity index (χ4v) is 6.12. The van der Waals surface area contributed by atoms with Crippen LogP contribution in [0.25, 0.3) is 0 Å². The minimum atomic E-state index is -0.601. The average molecular weight is 342 g/mol. The first-order chi connectivity index (χ1) is 11.5. The Morgan fingerprint density at radius 1 is 1.20 bits per heavy atom. The Balaban J connectivity index is 2.08. The molecule has 25 heavy (non-hydrogen) atoms. The molecule has 3 atom stereocenters. The van der Waals surface area contributed by atoms with Crippen molar-refractivity contribution in [3.05, 3.63) is 28.3 Å². The molecular weight excluding hydrogens is 316 g/mol. The van der Waals surface area contributed by atoms with Gasteiger partial charge >= 0.3 is 11.9 Å². The molecule has 1 aromatic carbocycles. The number of esters is 2. The second-order valence-electron chi connectivity index (χ2n) is 9.41. The van der Waals surface area contributed by atoms with Gasteiger partial charge in [0.05, 0.1) is 5.41 Å². The van der Waals surface area contributed by atoms with Gasteiger partial charge in [0.1, 0.15) is 11.9 Å². The van der Waals surface area contributed by atoms with Crippen LogP contribution in [0, 0.1) is 24.7 Å². The number of rotatable bonds is 1. The van der Waals surface area contributed by atoms with Crippen molar-refractivity contribution < 1.29 is 19.1 Å². The van der Waals surface area contributed by atoms with E-state index in [9.17, 15) is 9.59 Å². The molecule has 4 nitrogen and oxygen atoms in total. The number of fused-ring (bicyclic) bond motifs is 1. The van der Waals surface area contributed by atoms with E-state index in [2.05, 4.69) is 27.7 Å². The Labute approximate surface area is 148 Å². The van der Waals surface area contributed by atoms with Gasteiger partial charge < -0.3 is 9.47 Å². The number of aryl methyl sites for hydroxylation is 1. The molecule has 4 heteroatoms. The Morgan fingerprint density at radius 3 is 2.52 bits per heavy atom. The van der Waals surface area contributed by atoms with Crippen LogP contribution in [0.1, 0.15) is 75.3 Å². The van der Waals surface area contributed by atoms with E-state index in [1.165, 1.54) is 6.92 Å². The van der Waals surface area contributed by atoms with Gasteiger partial charge in [-0.3, -0.25) is 9.59 Å². The molecule has 1 aromatic rings. The molecule has 0 radical (unpaired) electrons. The lowest BCUT2D eigenvalue weighted by Gasteiger charge is -2.56. The molecule has 1 fully saturated rings. The van der Waals surface area contributed by atoms with E-state index >= 15 is 0 Å². The smallest absolute Gasteiger partial charge is 0.322 e. The van der Waals surface area contributed by atoms with Crippen LogP contribution in [-0.4, -0.2) is 11.9 Å². The molecule has 0 aromatic heterocycles. The van der Waals surface area contributed by atoms with Gasteiger partial charge in [0.15, 0.2) is 0 Å². The summed E-state index contributed by atoms with van der Waals surface area (Å²) in [4.78, 5) is 24.9. The highest BCUT2D eigenvalue weighted by Gasteiger charge is 2.66. The zero-order valence-corrected chi connectivity index (χ0v) is 15.9. The normalized spacial score (nSPS) is 34.3. The predicted octanol–water partition coefficient (Wildman–Crippen LogP) is 4.29. The maximum absolute atomic E-state index is 13.0. The van der Waals surface area contributed by atoms with E-state index in [1.807, 2.05) is 13.0 Å². The zero-order valence-electron chi connectivity index (χ0n) is 15.9. The molecular formula is C21H26O4. The predicted molar refractivity (Wildman–Crippen MR) is 93.5 cm³/mol. The molecule has 1 spiro atoms. The van der Waals surface area contributed by atoms with Crippen molar-refractivity contribution in [2.75, 3.05) is 0 Å². The number of benzene rings is 1. The van der Waals surface area contributed by atoms with E-state index < -0.39 is 5.41 Å². The highest BCUT2D eigenvalue weighted by atomic mass is 16.6. The van der Waals surface area contributed by atoms with Crippen LogP contribution < -0.4 is 4.74 Å². The molecule has 1 heterocycles. The number of carbonyl (C=O) groups excluding carboxylic acids is 2. The van der Waals surface area contributed by atoms with Crippen LogP contribution in [0.3, 0.4) is 0 Å². The van der Waals surface area contributed by atoms with Crippen LogP contribution in [0.2, 0.25) is 0 Å². The lowest BCUT2D eigenvalue weighted by molar-refractivity contribution is -0.166. The van der Waals surface area contributed by atoms with E-state index in [0.29, 0.717) is 12.2 Å². The molecule has 3 aliphatic rings. The summed E-state index contributed by atoms with van der Waals surface area (Å²) < 4.78 is 11.6. The number of hydrogen-bond donors (Lipinski definition) is 0. The van der Waals surface area contributed by atoms with Crippen molar-refractivity contribution in [3.63, 3.8) is 0 Å². The van der Waals surface area contributed by atoms with Crippen LogP contribution in [-0.2, 0) is 19.7 Å². The van der Waals surface area contributed by atoms with E-state index in [1.54, 1.807) is 0 Å².